The average Bonchev–Trinajstić information content (AvgIpc) is 2.91. The molecule has 0 N–H and O–H groups in total. The molecule has 1 aliphatic rings. The van der Waals surface area contributed by atoms with E-state index in [1.807, 2.05) is 4.90 Å². The van der Waals surface area contributed by atoms with E-state index in [-0.39, 0.29) is 23.6 Å². The molecule has 0 saturated carbocycles. The topological polar surface area (TPSA) is 38.8 Å². The van der Waals surface area contributed by atoms with E-state index in [2.05, 4.69) is 0 Å². The predicted molar refractivity (Wildman–Crippen MR) is 73.3 cm³/mol. The molecule has 1 heterocycles. The van der Waals surface area contributed by atoms with Crippen LogP contribution >= 0.6 is 0 Å². The van der Waals surface area contributed by atoms with Crippen molar-refractivity contribution in [3.05, 3.63) is 35.4 Å². The zero-order valence-electron chi connectivity index (χ0n) is 12.3. The molecule has 1 aliphatic heterocycles. The largest absolute Gasteiger partial charge is 0.377 e. The molecule has 3 unspecified atom stereocenters. The highest BCUT2D eigenvalue weighted by Gasteiger charge is 2.37. The van der Waals surface area contributed by atoms with E-state index in [4.69, 9.17) is 9.47 Å². The standard InChI is InChI=1S/C15H19F2NO3/c1-9(18-7-13(20-2)14(8-18)21-3)15(19)10-4-5-11(16)12(17)6-10/h4-6,9,13-14H,7-8H2,1-3H3. The van der Waals surface area contributed by atoms with Crippen LogP contribution in [0.4, 0.5) is 8.78 Å². The highest BCUT2D eigenvalue weighted by atomic mass is 19.2. The van der Waals surface area contributed by atoms with Crippen molar-refractivity contribution in [3.8, 4) is 0 Å². The number of methoxy groups -OCH3 is 2. The highest BCUT2D eigenvalue weighted by Crippen LogP contribution is 2.21. The zero-order chi connectivity index (χ0) is 15.6. The highest BCUT2D eigenvalue weighted by molar-refractivity contribution is 5.99. The zero-order valence-corrected chi connectivity index (χ0v) is 12.3. The number of rotatable bonds is 5. The average molecular weight is 299 g/mol. The van der Waals surface area contributed by atoms with Crippen LogP contribution in [0.15, 0.2) is 18.2 Å². The van der Waals surface area contributed by atoms with Crippen LogP contribution in [0.25, 0.3) is 0 Å². The summed E-state index contributed by atoms with van der Waals surface area (Å²) in [6, 6.07) is 2.75. The molecule has 4 nitrogen and oxygen atoms in total. The van der Waals surface area contributed by atoms with Gasteiger partial charge in [-0.15, -0.1) is 0 Å². The van der Waals surface area contributed by atoms with Gasteiger partial charge in [0.25, 0.3) is 0 Å². The molecule has 0 amide bonds. The van der Waals surface area contributed by atoms with Gasteiger partial charge < -0.3 is 9.47 Å². The number of carbonyl (C=O) groups excluding carboxylic acids is 1. The molecule has 116 valence electrons. The number of likely N-dealkylation sites (tertiary alicyclic amines) is 1. The molecular weight excluding hydrogens is 280 g/mol. The van der Waals surface area contributed by atoms with Crippen LogP contribution in [0.5, 0.6) is 0 Å². The van der Waals surface area contributed by atoms with Gasteiger partial charge in [0.2, 0.25) is 0 Å². The molecule has 3 atom stereocenters. The van der Waals surface area contributed by atoms with Crippen molar-refractivity contribution >= 4 is 5.78 Å². The Morgan fingerprint density at radius 2 is 1.76 bits per heavy atom. The van der Waals surface area contributed by atoms with Crippen LogP contribution in [-0.2, 0) is 9.47 Å². The van der Waals surface area contributed by atoms with Crippen LogP contribution in [-0.4, -0.2) is 56.2 Å². The van der Waals surface area contributed by atoms with Crippen molar-refractivity contribution in [2.75, 3.05) is 27.3 Å². The number of halogens is 2. The van der Waals surface area contributed by atoms with E-state index < -0.39 is 17.7 Å². The van der Waals surface area contributed by atoms with Gasteiger partial charge in [0.15, 0.2) is 17.4 Å². The van der Waals surface area contributed by atoms with E-state index in [9.17, 15) is 13.6 Å². The molecule has 0 aliphatic carbocycles. The Labute approximate surface area is 122 Å². The maximum atomic E-state index is 13.2. The fourth-order valence-corrected chi connectivity index (χ4v) is 2.60. The van der Waals surface area contributed by atoms with Gasteiger partial charge in [-0.3, -0.25) is 9.69 Å². The van der Waals surface area contributed by atoms with E-state index >= 15 is 0 Å². The maximum Gasteiger partial charge on any atom is 0.179 e. The van der Waals surface area contributed by atoms with E-state index in [0.29, 0.717) is 13.1 Å². The second kappa shape index (κ2) is 6.60. The first-order valence-electron chi connectivity index (χ1n) is 6.76. The smallest absolute Gasteiger partial charge is 0.179 e. The number of carbonyl (C=O) groups is 1. The molecule has 1 fully saturated rings. The first-order chi connectivity index (χ1) is 9.97. The van der Waals surface area contributed by atoms with E-state index in [0.717, 1.165) is 12.1 Å². The quantitative estimate of drug-likeness (QED) is 0.778. The van der Waals surface area contributed by atoms with Crippen molar-refractivity contribution in [1.29, 1.82) is 0 Å². The summed E-state index contributed by atoms with van der Waals surface area (Å²) in [6.07, 6.45) is -0.203. The summed E-state index contributed by atoms with van der Waals surface area (Å²) in [5.74, 6) is -2.22. The number of ketones is 1. The lowest BCUT2D eigenvalue weighted by Gasteiger charge is -2.22. The van der Waals surface area contributed by atoms with Crippen LogP contribution in [0.2, 0.25) is 0 Å². The third kappa shape index (κ3) is 3.28. The fourth-order valence-electron chi connectivity index (χ4n) is 2.60. The predicted octanol–water partition coefficient (Wildman–Crippen LogP) is 1.88. The number of Topliss-reactive ketones (excluding diaryl/α,β-unsaturated/α-hetero) is 1. The molecule has 1 aromatic carbocycles. The van der Waals surface area contributed by atoms with Gasteiger partial charge in [0.05, 0.1) is 18.2 Å². The second-order valence-corrected chi connectivity index (χ2v) is 5.17. The SMILES string of the molecule is COC1CN(C(C)C(=O)c2ccc(F)c(F)c2)CC1OC. The molecule has 0 bridgehead atoms. The Bertz CT molecular complexity index is 512. The lowest BCUT2D eigenvalue weighted by molar-refractivity contribution is -0.00461. The number of ether oxygens (including phenoxy) is 2. The fraction of sp³-hybridized carbons (Fsp3) is 0.533. The Hall–Kier alpha value is -1.37. The van der Waals surface area contributed by atoms with E-state index in [1.165, 1.54) is 6.07 Å². The Morgan fingerprint density at radius 1 is 1.19 bits per heavy atom. The second-order valence-electron chi connectivity index (χ2n) is 5.17. The summed E-state index contributed by atoms with van der Waals surface area (Å²) in [6.45, 7) is 2.87. The van der Waals surface area contributed by atoms with Gasteiger partial charge in [-0.2, -0.15) is 0 Å². The third-order valence-electron chi connectivity index (χ3n) is 3.98. The summed E-state index contributed by atoms with van der Waals surface area (Å²) in [7, 11) is 3.20. The van der Waals surface area contributed by atoms with Gasteiger partial charge in [-0.25, -0.2) is 8.78 Å². The number of hydrogen-bond donors (Lipinski definition) is 0. The van der Waals surface area contributed by atoms with Crippen LogP contribution < -0.4 is 0 Å². The number of benzene rings is 1. The molecule has 1 aromatic rings. The Morgan fingerprint density at radius 3 is 2.24 bits per heavy atom. The van der Waals surface area contributed by atoms with Crippen molar-refractivity contribution in [1.82, 2.24) is 4.90 Å². The summed E-state index contributed by atoms with van der Waals surface area (Å²) in [4.78, 5) is 14.3. The van der Waals surface area contributed by atoms with Gasteiger partial charge in [-0.05, 0) is 25.1 Å². The molecule has 2 rings (SSSR count). The molecule has 1 saturated heterocycles. The monoisotopic (exact) mass is 299 g/mol. The number of hydrogen-bond acceptors (Lipinski definition) is 4. The van der Waals surface area contributed by atoms with Crippen LogP contribution in [0.1, 0.15) is 17.3 Å². The minimum Gasteiger partial charge on any atom is -0.377 e. The molecule has 21 heavy (non-hydrogen) atoms. The summed E-state index contributed by atoms with van der Waals surface area (Å²) < 4.78 is 36.8. The summed E-state index contributed by atoms with van der Waals surface area (Å²) >= 11 is 0. The molecule has 0 aromatic heterocycles. The molecule has 6 heteroatoms. The maximum absolute atomic E-state index is 13.2. The lowest BCUT2D eigenvalue weighted by atomic mass is 10.0. The lowest BCUT2D eigenvalue weighted by Crippen LogP contribution is -2.38. The normalized spacial score (nSPS) is 24.2. The first kappa shape index (κ1) is 16.0. The first-order valence-corrected chi connectivity index (χ1v) is 6.76. The van der Waals surface area contributed by atoms with Gasteiger partial charge >= 0.3 is 0 Å². The minimum absolute atomic E-state index is 0.102. The van der Waals surface area contributed by atoms with Crippen molar-refractivity contribution < 1.29 is 23.0 Å². The van der Waals surface area contributed by atoms with Gasteiger partial charge in [-0.1, -0.05) is 0 Å². The van der Waals surface area contributed by atoms with Crippen LogP contribution in [0, 0.1) is 11.6 Å². The van der Waals surface area contributed by atoms with Crippen LogP contribution in [0.3, 0.4) is 0 Å². The van der Waals surface area contributed by atoms with Crippen molar-refractivity contribution in [2.45, 2.75) is 25.2 Å². The van der Waals surface area contributed by atoms with E-state index in [1.54, 1.807) is 21.1 Å². The van der Waals surface area contributed by atoms with Crippen molar-refractivity contribution in [3.63, 3.8) is 0 Å². The van der Waals surface area contributed by atoms with Crippen molar-refractivity contribution in [2.24, 2.45) is 0 Å². The molecular formula is C15H19F2NO3. The molecule has 0 spiro atoms. The third-order valence-corrected chi connectivity index (χ3v) is 3.98. The minimum atomic E-state index is -1.01. The Kier molecular flexibility index (Phi) is 5.03. The summed E-state index contributed by atoms with van der Waals surface area (Å²) in [5, 5.41) is 0. The number of nitrogens with zero attached hydrogens (tertiary/aromatic N) is 1. The van der Waals surface area contributed by atoms with Gasteiger partial charge in [0, 0.05) is 32.9 Å². The van der Waals surface area contributed by atoms with Gasteiger partial charge in [0.1, 0.15) is 0 Å². The summed E-state index contributed by atoms with van der Waals surface area (Å²) in [5.41, 5.74) is 0.163. The Balaban J connectivity index is 2.11. The molecule has 0 radical (unpaired) electrons.